The number of nitrogens with two attached hydrogens (primary N) is 1. The fraction of sp³-hybridized carbons (Fsp3) is 0.357. The van der Waals surface area contributed by atoms with Crippen molar-refractivity contribution >= 4 is 28.6 Å². The van der Waals surface area contributed by atoms with Gasteiger partial charge in [-0.2, -0.15) is 0 Å². The average molecular weight is 421 g/mol. The van der Waals surface area contributed by atoms with Crippen molar-refractivity contribution in [3.05, 3.63) is 27.2 Å². The minimum Gasteiger partial charge on any atom is -0.493 e. The SMILES string of the molecule is Nc1ncnc2c1nc(N=Nc1c(O)[nH]c(=O)[nH]c1=O)n2[C@H]1O[C@@H](CO)[C@H](O)[C@@H]1O. The summed E-state index contributed by atoms with van der Waals surface area (Å²) in [5, 5.41) is 46.9. The van der Waals surface area contributed by atoms with E-state index >= 15 is 0 Å². The van der Waals surface area contributed by atoms with Crippen LogP contribution in [0.15, 0.2) is 26.1 Å². The third kappa shape index (κ3) is 3.08. The van der Waals surface area contributed by atoms with Crippen LogP contribution in [0.2, 0.25) is 0 Å². The number of ether oxygens (including phenoxy) is 1. The number of fused-ring (bicyclic) bond motifs is 1. The highest BCUT2D eigenvalue weighted by molar-refractivity contribution is 5.83. The van der Waals surface area contributed by atoms with Crippen molar-refractivity contribution in [1.29, 1.82) is 0 Å². The molecule has 1 aliphatic heterocycles. The fourth-order valence-electron chi connectivity index (χ4n) is 2.97. The molecule has 0 aromatic carbocycles. The molecular formula is C14H15N9O7. The summed E-state index contributed by atoms with van der Waals surface area (Å²) in [7, 11) is 0. The highest BCUT2D eigenvalue weighted by atomic mass is 16.6. The van der Waals surface area contributed by atoms with E-state index in [2.05, 4.69) is 25.2 Å². The number of anilines is 1. The van der Waals surface area contributed by atoms with Crippen molar-refractivity contribution < 1.29 is 25.2 Å². The molecule has 4 rings (SSSR count). The van der Waals surface area contributed by atoms with E-state index in [4.69, 9.17) is 10.5 Å². The van der Waals surface area contributed by atoms with E-state index < -0.39 is 54.0 Å². The third-order valence-electron chi connectivity index (χ3n) is 4.40. The molecule has 3 aromatic heterocycles. The molecular weight excluding hydrogens is 406 g/mol. The number of H-pyrrole nitrogens is 2. The van der Waals surface area contributed by atoms with Gasteiger partial charge in [0.1, 0.15) is 24.6 Å². The van der Waals surface area contributed by atoms with Crippen molar-refractivity contribution in [2.24, 2.45) is 10.2 Å². The number of aliphatic hydroxyl groups excluding tert-OH is 3. The number of nitrogens with zero attached hydrogens (tertiary/aromatic N) is 6. The van der Waals surface area contributed by atoms with E-state index in [1.165, 1.54) is 0 Å². The topological polar surface area (TPSA) is 250 Å². The van der Waals surface area contributed by atoms with Gasteiger partial charge in [-0.25, -0.2) is 19.7 Å². The molecule has 0 radical (unpaired) electrons. The van der Waals surface area contributed by atoms with Crippen LogP contribution in [0.1, 0.15) is 6.23 Å². The summed E-state index contributed by atoms with van der Waals surface area (Å²) in [5.74, 6) is -1.15. The van der Waals surface area contributed by atoms with Gasteiger partial charge < -0.3 is 30.9 Å². The lowest BCUT2D eigenvalue weighted by Crippen LogP contribution is -2.33. The first-order valence-electron chi connectivity index (χ1n) is 8.40. The Labute approximate surface area is 164 Å². The second-order valence-corrected chi connectivity index (χ2v) is 6.25. The first kappa shape index (κ1) is 19.6. The van der Waals surface area contributed by atoms with Gasteiger partial charge in [-0.15, -0.1) is 10.2 Å². The van der Waals surface area contributed by atoms with Gasteiger partial charge in [-0.1, -0.05) is 0 Å². The van der Waals surface area contributed by atoms with Gasteiger partial charge in [-0.05, 0) is 0 Å². The Balaban J connectivity index is 1.87. The number of aromatic nitrogens is 6. The summed E-state index contributed by atoms with van der Waals surface area (Å²) < 4.78 is 6.62. The number of aromatic amines is 2. The molecule has 0 saturated carbocycles. The molecule has 30 heavy (non-hydrogen) atoms. The fourth-order valence-corrected chi connectivity index (χ4v) is 2.97. The van der Waals surface area contributed by atoms with Crippen LogP contribution in [-0.4, -0.2) is 74.8 Å². The maximum absolute atomic E-state index is 11.8. The Kier molecular flexibility index (Phi) is 4.74. The van der Waals surface area contributed by atoms with Crippen molar-refractivity contribution in [3.8, 4) is 5.88 Å². The molecule has 16 heteroatoms. The van der Waals surface area contributed by atoms with Crippen LogP contribution < -0.4 is 17.0 Å². The predicted octanol–water partition coefficient (Wildman–Crippen LogP) is -2.48. The maximum Gasteiger partial charge on any atom is 0.328 e. The van der Waals surface area contributed by atoms with Gasteiger partial charge in [-0.3, -0.25) is 19.3 Å². The first-order chi connectivity index (χ1) is 14.3. The zero-order valence-electron chi connectivity index (χ0n) is 14.9. The van der Waals surface area contributed by atoms with Crippen LogP contribution in [0.3, 0.4) is 0 Å². The number of hydrogen-bond donors (Lipinski definition) is 7. The summed E-state index contributed by atoms with van der Waals surface area (Å²) >= 11 is 0. The Bertz CT molecular complexity index is 1250. The van der Waals surface area contributed by atoms with Gasteiger partial charge in [0, 0.05) is 0 Å². The molecule has 158 valence electrons. The number of aliphatic hydroxyl groups is 3. The average Bonchev–Trinajstić information content (AvgIpc) is 3.19. The van der Waals surface area contributed by atoms with Gasteiger partial charge >= 0.3 is 5.69 Å². The molecule has 0 aliphatic carbocycles. The molecule has 1 aliphatic rings. The number of hydrogen-bond acceptors (Lipinski definition) is 13. The van der Waals surface area contributed by atoms with E-state index in [1.807, 2.05) is 9.97 Å². The van der Waals surface area contributed by atoms with Crippen molar-refractivity contribution in [1.82, 2.24) is 29.5 Å². The van der Waals surface area contributed by atoms with Crippen molar-refractivity contribution in [3.63, 3.8) is 0 Å². The largest absolute Gasteiger partial charge is 0.493 e. The molecule has 0 unspecified atom stereocenters. The lowest BCUT2D eigenvalue weighted by Gasteiger charge is -2.17. The van der Waals surface area contributed by atoms with Gasteiger partial charge in [0.05, 0.1) is 6.61 Å². The molecule has 8 N–H and O–H groups in total. The lowest BCUT2D eigenvalue weighted by atomic mass is 10.1. The quantitative estimate of drug-likeness (QED) is 0.217. The predicted molar refractivity (Wildman–Crippen MR) is 96.3 cm³/mol. The minimum atomic E-state index is -1.51. The Morgan fingerprint density at radius 2 is 1.97 bits per heavy atom. The van der Waals surface area contributed by atoms with E-state index in [-0.39, 0.29) is 22.9 Å². The molecule has 0 bridgehead atoms. The molecule has 4 heterocycles. The van der Waals surface area contributed by atoms with Gasteiger partial charge in [0.15, 0.2) is 23.2 Å². The monoisotopic (exact) mass is 421 g/mol. The highest BCUT2D eigenvalue weighted by Crippen LogP contribution is 2.36. The van der Waals surface area contributed by atoms with Crippen molar-refractivity contribution in [2.75, 3.05) is 12.3 Å². The smallest absolute Gasteiger partial charge is 0.328 e. The van der Waals surface area contributed by atoms with Crippen LogP contribution in [0.5, 0.6) is 5.88 Å². The van der Waals surface area contributed by atoms with Crippen LogP contribution in [0, 0.1) is 0 Å². The second kappa shape index (κ2) is 7.26. The normalized spacial score (nSPS) is 24.2. The summed E-state index contributed by atoms with van der Waals surface area (Å²) in [6.07, 6.45) is -4.20. The number of nitrogen functional groups attached to an aromatic ring is 1. The molecule has 1 fully saturated rings. The third-order valence-corrected chi connectivity index (χ3v) is 4.40. The molecule has 3 aromatic rings. The minimum absolute atomic E-state index is 0.0355. The number of rotatable bonds is 4. The van der Waals surface area contributed by atoms with E-state index in [1.54, 1.807) is 0 Å². The summed E-state index contributed by atoms with van der Waals surface area (Å²) in [4.78, 5) is 38.8. The zero-order valence-corrected chi connectivity index (χ0v) is 14.9. The number of nitrogens with one attached hydrogen (secondary N) is 2. The number of azo groups is 1. The van der Waals surface area contributed by atoms with E-state index in [0.717, 1.165) is 10.9 Å². The standard InChI is InChI=1S/C14H15N9O7/c15-8-4-9(17-2-16-8)23(12-7(26)6(25)3(1-24)30-12)13(18-4)22-21-5-10(27)19-14(29)20-11(5)28/h2-3,6-7,12,24-26H,1H2,(H2,15,16,17)(H3,19,20,27,28,29)/t3-,6-,7-,12-/m0/s1. The molecule has 4 atom stereocenters. The number of imidazole rings is 1. The van der Waals surface area contributed by atoms with Crippen LogP contribution in [0.4, 0.5) is 17.5 Å². The summed E-state index contributed by atoms with van der Waals surface area (Å²) in [6, 6.07) is 0. The van der Waals surface area contributed by atoms with E-state index in [0.29, 0.717) is 0 Å². The molecule has 0 amide bonds. The van der Waals surface area contributed by atoms with Crippen LogP contribution in [-0.2, 0) is 4.74 Å². The Morgan fingerprint density at radius 3 is 2.63 bits per heavy atom. The first-order valence-corrected chi connectivity index (χ1v) is 8.40. The van der Waals surface area contributed by atoms with Gasteiger partial charge in [0.25, 0.3) is 11.5 Å². The van der Waals surface area contributed by atoms with Crippen LogP contribution in [0.25, 0.3) is 11.2 Å². The Hall–Kier alpha value is -3.73. The van der Waals surface area contributed by atoms with Crippen molar-refractivity contribution in [2.45, 2.75) is 24.5 Å². The second-order valence-electron chi connectivity index (χ2n) is 6.25. The molecule has 16 nitrogen and oxygen atoms in total. The summed E-state index contributed by atoms with van der Waals surface area (Å²) in [5.41, 5.74) is 3.34. The van der Waals surface area contributed by atoms with Gasteiger partial charge in [0.2, 0.25) is 11.6 Å². The highest BCUT2D eigenvalue weighted by Gasteiger charge is 2.45. The lowest BCUT2D eigenvalue weighted by molar-refractivity contribution is -0.0503. The summed E-state index contributed by atoms with van der Waals surface area (Å²) in [6.45, 7) is -0.573. The molecule has 0 spiro atoms. The Morgan fingerprint density at radius 1 is 1.20 bits per heavy atom. The number of aromatic hydroxyl groups is 1. The molecule has 1 saturated heterocycles. The zero-order chi connectivity index (χ0) is 21.6. The maximum atomic E-state index is 11.8. The van der Waals surface area contributed by atoms with Crippen LogP contribution >= 0.6 is 0 Å². The van der Waals surface area contributed by atoms with E-state index in [9.17, 15) is 30.0 Å².